The summed E-state index contributed by atoms with van der Waals surface area (Å²) in [5, 5.41) is 18.7. The molecule has 2 fully saturated rings. The summed E-state index contributed by atoms with van der Waals surface area (Å²) >= 11 is 0. The number of hydrogen-bond donors (Lipinski definition) is 2. The molecular formula is C10H16O3. The largest absolute Gasteiger partial charge is 0.481 e. The zero-order chi connectivity index (χ0) is 9.47. The second-order valence-corrected chi connectivity index (χ2v) is 4.64. The highest BCUT2D eigenvalue weighted by atomic mass is 16.4. The molecule has 2 saturated carbocycles. The highest BCUT2D eigenvalue weighted by Crippen LogP contribution is 2.48. The van der Waals surface area contributed by atoms with Gasteiger partial charge < -0.3 is 10.2 Å². The van der Waals surface area contributed by atoms with Gasteiger partial charge in [0.25, 0.3) is 0 Å². The van der Waals surface area contributed by atoms with Gasteiger partial charge in [0.05, 0.1) is 11.5 Å². The molecule has 2 N–H and O–H groups in total. The van der Waals surface area contributed by atoms with Crippen molar-refractivity contribution < 1.29 is 15.0 Å². The van der Waals surface area contributed by atoms with Crippen LogP contribution in [-0.4, -0.2) is 22.3 Å². The van der Waals surface area contributed by atoms with Crippen LogP contribution in [0.4, 0.5) is 0 Å². The van der Waals surface area contributed by atoms with E-state index in [0.717, 1.165) is 32.1 Å². The van der Waals surface area contributed by atoms with Crippen molar-refractivity contribution in [3.8, 4) is 0 Å². The first kappa shape index (κ1) is 9.00. The third-order valence-electron chi connectivity index (χ3n) is 3.63. The third-order valence-corrected chi connectivity index (χ3v) is 3.63. The highest BCUT2D eigenvalue weighted by molar-refractivity contribution is 5.75. The van der Waals surface area contributed by atoms with Gasteiger partial charge in [-0.15, -0.1) is 0 Å². The van der Waals surface area contributed by atoms with Crippen molar-refractivity contribution in [2.45, 2.75) is 44.6 Å². The quantitative estimate of drug-likeness (QED) is 0.647. The summed E-state index contributed by atoms with van der Waals surface area (Å²) in [6, 6.07) is 0. The number of aliphatic carboxylic acids is 1. The SMILES string of the molecule is O=C(O)C12CCCC(CC(O)C1)C2. The van der Waals surface area contributed by atoms with Gasteiger partial charge in [-0.2, -0.15) is 0 Å². The van der Waals surface area contributed by atoms with E-state index >= 15 is 0 Å². The molecule has 0 spiro atoms. The Bertz CT molecular complexity index is 222. The second-order valence-electron chi connectivity index (χ2n) is 4.64. The number of carboxylic acids is 1. The van der Waals surface area contributed by atoms with E-state index < -0.39 is 11.4 Å². The average molecular weight is 184 g/mol. The van der Waals surface area contributed by atoms with Gasteiger partial charge in [0.15, 0.2) is 0 Å². The fourth-order valence-corrected chi connectivity index (χ4v) is 3.07. The van der Waals surface area contributed by atoms with E-state index in [0.29, 0.717) is 12.3 Å². The van der Waals surface area contributed by atoms with Crippen LogP contribution in [0.3, 0.4) is 0 Å². The molecule has 0 saturated heterocycles. The first-order valence-electron chi connectivity index (χ1n) is 5.04. The third kappa shape index (κ3) is 1.46. The van der Waals surface area contributed by atoms with Gasteiger partial charge in [-0.05, 0) is 31.6 Å². The van der Waals surface area contributed by atoms with Crippen molar-refractivity contribution in [3.63, 3.8) is 0 Å². The fraction of sp³-hybridized carbons (Fsp3) is 0.900. The summed E-state index contributed by atoms with van der Waals surface area (Å²) in [5.74, 6) is -0.246. The molecule has 2 bridgehead atoms. The van der Waals surface area contributed by atoms with E-state index in [4.69, 9.17) is 5.11 Å². The Morgan fingerprint density at radius 3 is 2.85 bits per heavy atom. The number of carboxylic acid groups (broad SMARTS) is 1. The molecule has 0 heterocycles. The lowest BCUT2D eigenvalue weighted by molar-refractivity contribution is -0.158. The van der Waals surface area contributed by atoms with E-state index in [2.05, 4.69) is 0 Å². The van der Waals surface area contributed by atoms with Crippen molar-refractivity contribution in [2.75, 3.05) is 0 Å². The standard InChI is InChI=1S/C10H16O3/c11-8-4-7-2-1-3-10(5-7,6-8)9(12)13/h7-8,11H,1-6H2,(H,12,13). The van der Waals surface area contributed by atoms with Gasteiger partial charge in [-0.1, -0.05) is 12.8 Å². The van der Waals surface area contributed by atoms with Crippen LogP contribution < -0.4 is 0 Å². The molecule has 3 atom stereocenters. The van der Waals surface area contributed by atoms with Gasteiger partial charge >= 0.3 is 5.97 Å². The molecule has 2 aliphatic carbocycles. The molecular weight excluding hydrogens is 168 g/mol. The van der Waals surface area contributed by atoms with Crippen LogP contribution in [0.2, 0.25) is 0 Å². The van der Waals surface area contributed by atoms with Gasteiger partial charge in [-0.3, -0.25) is 4.79 Å². The number of hydrogen-bond acceptors (Lipinski definition) is 2. The minimum absolute atomic E-state index is 0.379. The van der Waals surface area contributed by atoms with Gasteiger partial charge in [0.1, 0.15) is 0 Å². The molecule has 0 radical (unpaired) electrons. The normalized spacial score (nSPS) is 44.4. The Labute approximate surface area is 77.8 Å². The van der Waals surface area contributed by atoms with E-state index in [9.17, 15) is 9.90 Å². The van der Waals surface area contributed by atoms with E-state index in [1.165, 1.54) is 0 Å². The second kappa shape index (κ2) is 2.98. The molecule has 2 rings (SSSR count). The van der Waals surface area contributed by atoms with Crippen molar-refractivity contribution in [1.29, 1.82) is 0 Å². The highest BCUT2D eigenvalue weighted by Gasteiger charge is 2.47. The zero-order valence-electron chi connectivity index (χ0n) is 7.70. The molecule has 3 heteroatoms. The van der Waals surface area contributed by atoms with Crippen LogP contribution in [0.1, 0.15) is 38.5 Å². The van der Waals surface area contributed by atoms with E-state index in [-0.39, 0.29) is 6.10 Å². The van der Waals surface area contributed by atoms with Crippen molar-refractivity contribution >= 4 is 5.97 Å². The lowest BCUT2D eigenvalue weighted by Gasteiger charge is -2.44. The van der Waals surface area contributed by atoms with Crippen LogP contribution in [0.25, 0.3) is 0 Å². The molecule has 2 aliphatic rings. The van der Waals surface area contributed by atoms with Crippen LogP contribution in [0.15, 0.2) is 0 Å². The van der Waals surface area contributed by atoms with Crippen LogP contribution in [-0.2, 0) is 4.79 Å². The van der Waals surface area contributed by atoms with Gasteiger partial charge in [0, 0.05) is 0 Å². The summed E-state index contributed by atoms with van der Waals surface area (Å²) in [4.78, 5) is 11.1. The maximum Gasteiger partial charge on any atom is 0.309 e. The summed E-state index contributed by atoms with van der Waals surface area (Å²) in [6.45, 7) is 0. The van der Waals surface area contributed by atoms with Crippen molar-refractivity contribution in [1.82, 2.24) is 0 Å². The Morgan fingerprint density at radius 1 is 1.38 bits per heavy atom. The monoisotopic (exact) mass is 184 g/mol. The Morgan fingerprint density at radius 2 is 2.15 bits per heavy atom. The van der Waals surface area contributed by atoms with Crippen LogP contribution in [0.5, 0.6) is 0 Å². The van der Waals surface area contributed by atoms with Crippen LogP contribution >= 0.6 is 0 Å². The molecule has 0 aliphatic heterocycles. The Kier molecular flexibility index (Phi) is 2.06. The molecule has 13 heavy (non-hydrogen) atoms. The minimum Gasteiger partial charge on any atom is -0.481 e. The number of fused-ring (bicyclic) bond motifs is 2. The number of carbonyl (C=O) groups is 1. The van der Waals surface area contributed by atoms with Crippen LogP contribution in [0, 0.1) is 11.3 Å². The lowest BCUT2D eigenvalue weighted by atomic mass is 9.61. The molecule has 0 aromatic carbocycles. The summed E-state index contributed by atoms with van der Waals surface area (Å²) in [6.07, 6.45) is 4.58. The molecule has 74 valence electrons. The average Bonchev–Trinajstić information content (AvgIpc) is 2.02. The number of rotatable bonds is 1. The van der Waals surface area contributed by atoms with E-state index in [1.807, 2.05) is 0 Å². The van der Waals surface area contributed by atoms with Crippen molar-refractivity contribution in [2.24, 2.45) is 11.3 Å². The lowest BCUT2D eigenvalue weighted by Crippen LogP contribution is -2.44. The first-order valence-corrected chi connectivity index (χ1v) is 5.04. The maximum atomic E-state index is 11.1. The molecule has 0 aromatic heterocycles. The molecule has 0 amide bonds. The minimum atomic E-state index is -0.698. The molecule has 0 aromatic rings. The Balaban J connectivity index is 2.20. The van der Waals surface area contributed by atoms with E-state index in [1.54, 1.807) is 0 Å². The molecule has 3 unspecified atom stereocenters. The number of aliphatic hydroxyl groups is 1. The number of aliphatic hydroxyl groups excluding tert-OH is 1. The van der Waals surface area contributed by atoms with Gasteiger partial charge in [0.2, 0.25) is 0 Å². The first-order chi connectivity index (χ1) is 6.12. The maximum absolute atomic E-state index is 11.1. The smallest absolute Gasteiger partial charge is 0.309 e. The molecule has 3 nitrogen and oxygen atoms in total. The fourth-order valence-electron chi connectivity index (χ4n) is 3.07. The summed E-state index contributed by atoms with van der Waals surface area (Å²) < 4.78 is 0. The summed E-state index contributed by atoms with van der Waals surface area (Å²) in [7, 11) is 0. The van der Waals surface area contributed by atoms with Crippen molar-refractivity contribution in [3.05, 3.63) is 0 Å². The topological polar surface area (TPSA) is 57.5 Å². The van der Waals surface area contributed by atoms with Gasteiger partial charge in [-0.25, -0.2) is 0 Å². The Hall–Kier alpha value is -0.570. The zero-order valence-corrected chi connectivity index (χ0v) is 7.70. The predicted octanol–water partition coefficient (Wildman–Crippen LogP) is 1.40. The predicted molar refractivity (Wildman–Crippen MR) is 47.3 cm³/mol. The summed E-state index contributed by atoms with van der Waals surface area (Å²) in [5.41, 5.74) is -0.583.